The first kappa shape index (κ1) is 9.98. The Morgan fingerprint density at radius 2 is 2.27 bits per heavy atom. The van der Waals surface area contributed by atoms with Crippen LogP contribution in [0.15, 0.2) is 12.3 Å². The average molecular weight is 175 g/mol. The van der Waals surface area contributed by atoms with E-state index in [1.165, 1.54) is 6.08 Å². The number of nitrogens with zero attached hydrogens (tertiary/aromatic N) is 1. The van der Waals surface area contributed by atoms with Crippen LogP contribution >= 0.6 is 0 Å². The van der Waals surface area contributed by atoms with Crippen LogP contribution in [0.3, 0.4) is 0 Å². The van der Waals surface area contributed by atoms with Crippen LogP contribution in [-0.2, 0) is 14.3 Å². The fraction of sp³-hybridized carbons (Fsp3) is 0.500. The Balaban J connectivity index is 3.94. The molecule has 0 fully saturated rings. The molecule has 0 atom stereocenters. The summed E-state index contributed by atoms with van der Waals surface area (Å²) >= 11 is 0. The lowest BCUT2D eigenvalue weighted by molar-refractivity contribution is 0.443. The molecule has 0 heterocycles. The summed E-state index contributed by atoms with van der Waals surface area (Å²) in [6.45, 7) is 1.64. The average Bonchev–Trinajstić information content (AvgIpc) is 1.97. The van der Waals surface area contributed by atoms with Crippen LogP contribution in [0, 0.1) is 11.3 Å². The minimum absolute atomic E-state index is 0.0418. The second-order valence-electron chi connectivity index (χ2n) is 1.74. The zero-order valence-corrected chi connectivity index (χ0v) is 6.97. The monoisotopic (exact) mass is 175 g/mol. The van der Waals surface area contributed by atoms with Gasteiger partial charge in [-0.3, -0.25) is 0 Å². The first-order chi connectivity index (χ1) is 5.12. The van der Waals surface area contributed by atoms with Gasteiger partial charge in [-0.25, -0.2) is 0 Å². The Hall–Kier alpha value is -1.02. The molecule has 0 N–H and O–H groups in total. The molecule has 0 spiro atoms. The van der Waals surface area contributed by atoms with Crippen molar-refractivity contribution >= 4 is 10.1 Å². The van der Waals surface area contributed by atoms with Crippen molar-refractivity contribution in [1.29, 1.82) is 5.26 Å². The molecule has 0 aromatic heterocycles. The van der Waals surface area contributed by atoms with Gasteiger partial charge in [0.15, 0.2) is 0 Å². The van der Waals surface area contributed by atoms with Crippen LogP contribution in [0.2, 0.25) is 0 Å². The predicted octanol–water partition coefficient (Wildman–Crippen LogP) is 0.780. The second kappa shape index (κ2) is 4.74. The zero-order valence-electron chi connectivity index (χ0n) is 6.15. The van der Waals surface area contributed by atoms with E-state index in [4.69, 9.17) is 5.26 Å². The Bertz CT molecular complexity index is 260. The van der Waals surface area contributed by atoms with Crippen molar-refractivity contribution in [2.24, 2.45) is 0 Å². The highest BCUT2D eigenvalue weighted by molar-refractivity contribution is 7.86. The molecule has 0 aliphatic carbocycles. The van der Waals surface area contributed by atoms with E-state index in [-0.39, 0.29) is 12.2 Å². The maximum atomic E-state index is 10.7. The lowest BCUT2D eigenvalue weighted by Gasteiger charge is -1.97. The first-order valence-corrected chi connectivity index (χ1v) is 4.59. The van der Waals surface area contributed by atoms with Crippen LogP contribution in [0.25, 0.3) is 0 Å². The normalized spacial score (nSPS) is 11.3. The molecule has 0 rings (SSSR count). The Morgan fingerprint density at radius 1 is 1.64 bits per heavy atom. The van der Waals surface area contributed by atoms with Crippen molar-refractivity contribution in [2.75, 3.05) is 5.75 Å². The lowest BCUT2D eigenvalue weighted by Crippen LogP contribution is -2.06. The van der Waals surface area contributed by atoms with Crippen LogP contribution in [0.5, 0.6) is 0 Å². The number of hydrogen-bond donors (Lipinski definition) is 0. The van der Waals surface area contributed by atoms with E-state index in [1.54, 1.807) is 13.0 Å². The largest absolute Gasteiger partial charge is 0.391 e. The molecular weight excluding hydrogens is 166 g/mol. The third kappa shape index (κ3) is 5.43. The number of allylic oxidation sites excluding steroid dienone is 1. The van der Waals surface area contributed by atoms with Crippen molar-refractivity contribution in [1.82, 2.24) is 0 Å². The van der Waals surface area contributed by atoms with Gasteiger partial charge in [0, 0.05) is 0 Å². The van der Waals surface area contributed by atoms with E-state index in [9.17, 15) is 8.42 Å². The molecule has 0 bridgehead atoms. The summed E-state index contributed by atoms with van der Waals surface area (Å²) in [4.78, 5) is 0. The molecule has 4 nitrogen and oxygen atoms in total. The van der Waals surface area contributed by atoms with Crippen molar-refractivity contribution < 1.29 is 12.6 Å². The van der Waals surface area contributed by atoms with Gasteiger partial charge < -0.3 is 4.18 Å². The first-order valence-electron chi connectivity index (χ1n) is 3.01. The van der Waals surface area contributed by atoms with Gasteiger partial charge in [0.05, 0.1) is 18.2 Å². The summed E-state index contributed by atoms with van der Waals surface area (Å²) in [6, 6.07) is 1.72. The van der Waals surface area contributed by atoms with Gasteiger partial charge in [0.1, 0.15) is 6.26 Å². The molecule has 0 saturated heterocycles. The topological polar surface area (TPSA) is 67.2 Å². The van der Waals surface area contributed by atoms with E-state index in [0.717, 1.165) is 6.26 Å². The third-order valence-corrected chi connectivity index (χ3v) is 1.91. The van der Waals surface area contributed by atoms with Crippen molar-refractivity contribution in [3.63, 3.8) is 0 Å². The Kier molecular flexibility index (Phi) is 4.30. The second-order valence-corrected chi connectivity index (χ2v) is 3.45. The fourth-order valence-electron chi connectivity index (χ4n) is 0.359. The number of rotatable bonds is 4. The molecule has 0 saturated carbocycles. The van der Waals surface area contributed by atoms with Crippen LogP contribution < -0.4 is 0 Å². The molecule has 0 unspecified atom stereocenters. The van der Waals surface area contributed by atoms with Crippen molar-refractivity contribution in [3.05, 3.63) is 12.3 Å². The smallest absolute Gasteiger partial charge is 0.309 e. The SMILES string of the molecule is CC=COS(=O)(=O)CCC#N. The van der Waals surface area contributed by atoms with Crippen LogP contribution in [-0.4, -0.2) is 14.2 Å². The zero-order chi connectivity index (χ0) is 8.74. The number of nitriles is 1. The number of hydrogen-bond acceptors (Lipinski definition) is 4. The summed E-state index contributed by atoms with van der Waals surface area (Å²) in [6.07, 6.45) is 2.50. The fourth-order valence-corrected chi connectivity index (χ4v) is 1.08. The lowest BCUT2D eigenvalue weighted by atomic mass is 10.6. The highest BCUT2D eigenvalue weighted by Gasteiger charge is 2.07. The van der Waals surface area contributed by atoms with E-state index in [0.29, 0.717) is 0 Å². The minimum Gasteiger partial charge on any atom is -0.391 e. The molecular formula is C6H9NO3S. The molecule has 5 heteroatoms. The summed E-state index contributed by atoms with van der Waals surface area (Å²) in [5.41, 5.74) is 0. The highest BCUT2D eigenvalue weighted by atomic mass is 32.2. The standard InChI is InChI=1S/C6H9NO3S/c1-2-5-10-11(8,9)6-3-4-7/h2,5H,3,6H2,1H3. The Labute approximate surface area is 66.2 Å². The van der Waals surface area contributed by atoms with E-state index < -0.39 is 10.1 Å². The minimum atomic E-state index is -3.52. The van der Waals surface area contributed by atoms with Gasteiger partial charge in [-0.2, -0.15) is 13.7 Å². The molecule has 0 aliphatic heterocycles. The molecule has 0 aliphatic rings. The molecule has 62 valence electrons. The van der Waals surface area contributed by atoms with Crippen molar-refractivity contribution in [2.45, 2.75) is 13.3 Å². The van der Waals surface area contributed by atoms with Crippen LogP contribution in [0.1, 0.15) is 13.3 Å². The quantitative estimate of drug-likeness (QED) is 0.467. The summed E-state index contributed by atoms with van der Waals surface area (Å²) in [7, 11) is -3.52. The molecule has 0 aromatic rings. The van der Waals surface area contributed by atoms with Gasteiger partial charge in [-0.05, 0) is 6.92 Å². The van der Waals surface area contributed by atoms with Gasteiger partial charge >= 0.3 is 10.1 Å². The molecule has 11 heavy (non-hydrogen) atoms. The van der Waals surface area contributed by atoms with Gasteiger partial charge in [0.2, 0.25) is 0 Å². The summed E-state index contributed by atoms with van der Waals surface area (Å²) in [5.74, 6) is -0.256. The van der Waals surface area contributed by atoms with Gasteiger partial charge in [0.25, 0.3) is 0 Å². The molecule has 0 radical (unpaired) electrons. The Morgan fingerprint density at radius 3 is 2.73 bits per heavy atom. The molecule has 0 amide bonds. The van der Waals surface area contributed by atoms with E-state index in [1.807, 2.05) is 0 Å². The van der Waals surface area contributed by atoms with Crippen LogP contribution in [0.4, 0.5) is 0 Å². The maximum Gasteiger partial charge on any atom is 0.309 e. The summed E-state index contributed by atoms with van der Waals surface area (Å²) in [5, 5.41) is 8.07. The highest BCUT2D eigenvalue weighted by Crippen LogP contribution is 1.95. The summed E-state index contributed by atoms with van der Waals surface area (Å²) < 4.78 is 25.8. The van der Waals surface area contributed by atoms with E-state index in [2.05, 4.69) is 4.18 Å². The predicted molar refractivity (Wildman–Crippen MR) is 39.9 cm³/mol. The van der Waals surface area contributed by atoms with Gasteiger partial charge in [-0.1, -0.05) is 6.08 Å². The third-order valence-electron chi connectivity index (χ3n) is 0.802. The molecule has 0 aromatic carbocycles. The maximum absolute atomic E-state index is 10.7. The van der Waals surface area contributed by atoms with E-state index >= 15 is 0 Å². The van der Waals surface area contributed by atoms with Crippen molar-refractivity contribution in [3.8, 4) is 6.07 Å². The van der Waals surface area contributed by atoms with Gasteiger partial charge in [-0.15, -0.1) is 0 Å².